The fourth-order valence-electron chi connectivity index (χ4n) is 1.32. The molecule has 0 aliphatic carbocycles. The van der Waals surface area contributed by atoms with Gasteiger partial charge in [0.25, 0.3) is 0 Å². The molecule has 2 nitrogen and oxygen atoms in total. The summed E-state index contributed by atoms with van der Waals surface area (Å²) in [6.45, 7) is 2.92. The second-order valence-corrected chi connectivity index (χ2v) is 5.54. The van der Waals surface area contributed by atoms with Gasteiger partial charge in [-0.25, -0.2) is 4.98 Å². The number of nitrogens with one attached hydrogen (secondary N) is 1. The molecule has 2 rings (SSSR count). The summed E-state index contributed by atoms with van der Waals surface area (Å²) in [6, 6.07) is 5.82. The molecule has 0 aliphatic rings. The Balaban J connectivity index is 2.38. The Morgan fingerprint density at radius 2 is 2.31 bits per heavy atom. The molecule has 2 aromatic rings. The van der Waals surface area contributed by atoms with E-state index in [0.717, 1.165) is 31.6 Å². The van der Waals surface area contributed by atoms with Crippen LogP contribution in [0.3, 0.4) is 0 Å². The van der Waals surface area contributed by atoms with Crippen LogP contribution in [0.2, 0.25) is 5.02 Å². The number of rotatable bonds is 3. The third kappa shape index (κ3) is 2.56. The van der Waals surface area contributed by atoms with E-state index in [1.54, 1.807) is 11.3 Å². The predicted molar refractivity (Wildman–Crippen MR) is 74.4 cm³/mol. The Morgan fingerprint density at radius 1 is 1.50 bits per heavy atom. The SMILES string of the molecule is CCNc1ncc(-c2cc(Br)ccc2Cl)s1. The third-order valence-electron chi connectivity index (χ3n) is 2.03. The number of anilines is 1. The van der Waals surface area contributed by atoms with Crippen molar-refractivity contribution in [1.82, 2.24) is 4.98 Å². The Labute approximate surface area is 112 Å². The molecule has 5 heteroatoms. The van der Waals surface area contributed by atoms with Crippen molar-refractivity contribution in [3.05, 3.63) is 33.9 Å². The van der Waals surface area contributed by atoms with Crippen molar-refractivity contribution in [3.8, 4) is 10.4 Å². The van der Waals surface area contributed by atoms with Gasteiger partial charge in [-0.15, -0.1) is 0 Å². The van der Waals surface area contributed by atoms with Gasteiger partial charge in [0.1, 0.15) is 0 Å². The number of hydrogen-bond donors (Lipinski definition) is 1. The highest BCUT2D eigenvalue weighted by molar-refractivity contribution is 9.10. The van der Waals surface area contributed by atoms with Crippen LogP contribution in [0.1, 0.15) is 6.92 Å². The fraction of sp³-hybridized carbons (Fsp3) is 0.182. The molecule has 0 saturated carbocycles. The Bertz CT molecular complexity index is 498. The van der Waals surface area contributed by atoms with Crippen molar-refractivity contribution >= 4 is 44.0 Å². The largest absolute Gasteiger partial charge is 0.362 e. The standard InChI is InChI=1S/C11H10BrClN2S/c1-2-14-11-15-6-10(16-11)8-5-7(12)3-4-9(8)13/h3-6H,2H2,1H3,(H,14,15). The number of halogens is 2. The van der Waals surface area contributed by atoms with Gasteiger partial charge in [-0.3, -0.25) is 0 Å². The summed E-state index contributed by atoms with van der Waals surface area (Å²) in [6.07, 6.45) is 1.84. The Hall–Kier alpha value is -0.580. The zero-order valence-electron chi connectivity index (χ0n) is 8.63. The molecule has 0 atom stereocenters. The van der Waals surface area contributed by atoms with E-state index >= 15 is 0 Å². The fourth-order valence-corrected chi connectivity index (χ4v) is 2.87. The highest BCUT2D eigenvalue weighted by atomic mass is 79.9. The summed E-state index contributed by atoms with van der Waals surface area (Å²) in [5.41, 5.74) is 1.01. The maximum absolute atomic E-state index is 6.15. The summed E-state index contributed by atoms with van der Waals surface area (Å²) in [5.74, 6) is 0. The van der Waals surface area contributed by atoms with Crippen LogP contribution in [0.15, 0.2) is 28.9 Å². The van der Waals surface area contributed by atoms with Crippen LogP contribution in [0.5, 0.6) is 0 Å². The minimum atomic E-state index is 0.745. The molecule has 84 valence electrons. The summed E-state index contributed by atoms with van der Waals surface area (Å²) in [7, 11) is 0. The number of thiazole rings is 1. The van der Waals surface area contributed by atoms with Crippen LogP contribution in [0, 0.1) is 0 Å². The molecule has 0 fully saturated rings. The van der Waals surface area contributed by atoms with Crippen LogP contribution in [0.25, 0.3) is 10.4 Å². The summed E-state index contributed by atoms with van der Waals surface area (Å²) >= 11 is 11.2. The van der Waals surface area contributed by atoms with E-state index in [1.165, 1.54) is 0 Å². The van der Waals surface area contributed by atoms with E-state index in [-0.39, 0.29) is 0 Å². The molecule has 0 aliphatic heterocycles. The summed E-state index contributed by atoms with van der Waals surface area (Å²) < 4.78 is 1.02. The van der Waals surface area contributed by atoms with E-state index in [2.05, 4.69) is 26.2 Å². The Morgan fingerprint density at radius 3 is 3.06 bits per heavy atom. The first-order chi connectivity index (χ1) is 7.70. The first-order valence-corrected chi connectivity index (χ1v) is 6.84. The van der Waals surface area contributed by atoms with Gasteiger partial charge in [0.2, 0.25) is 0 Å². The smallest absolute Gasteiger partial charge is 0.183 e. The normalized spacial score (nSPS) is 10.4. The number of aromatic nitrogens is 1. The molecule has 16 heavy (non-hydrogen) atoms. The molecule has 0 saturated heterocycles. The molecular formula is C11H10BrClN2S. The monoisotopic (exact) mass is 316 g/mol. The van der Waals surface area contributed by atoms with Crippen molar-refractivity contribution < 1.29 is 0 Å². The molecule has 1 aromatic carbocycles. The molecule has 1 aromatic heterocycles. The van der Waals surface area contributed by atoms with Gasteiger partial charge in [-0.05, 0) is 25.1 Å². The summed E-state index contributed by atoms with van der Waals surface area (Å²) in [5, 5.41) is 4.85. The maximum atomic E-state index is 6.15. The van der Waals surface area contributed by atoms with Crippen molar-refractivity contribution in [2.45, 2.75) is 6.92 Å². The average Bonchev–Trinajstić information content (AvgIpc) is 2.71. The first kappa shape index (κ1) is 11.9. The van der Waals surface area contributed by atoms with Crippen molar-refractivity contribution in [2.75, 3.05) is 11.9 Å². The number of benzene rings is 1. The number of hydrogen-bond acceptors (Lipinski definition) is 3. The van der Waals surface area contributed by atoms with Crippen LogP contribution in [-0.4, -0.2) is 11.5 Å². The second-order valence-electron chi connectivity index (χ2n) is 3.18. The first-order valence-electron chi connectivity index (χ1n) is 4.86. The van der Waals surface area contributed by atoms with Gasteiger partial charge < -0.3 is 5.32 Å². The molecule has 0 amide bonds. The number of nitrogens with zero attached hydrogens (tertiary/aromatic N) is 1. The van der Waals surface area contributed by atoms with Gasteiger partial charge >= 0.3 is 0 Å². The summed E-state index contributed by atoms with van der Waals surface area (Å²) in [4.78, 5) is 5.36. The van der Waals surface area contributed by atoms with E-state index in [4.69, 9.17) is 11.6 Å². The highest BCUT2D eigenvalue weighted by Gasteiger charge is 2.08. The minimum absolute atomic E-state index is 0.745. The lowest BCUT2D eigenvalue weighted by Crippen LogP contribution is -1.94. The minimum Gasteiger partial charge on any atom is -0.362 e. The van der Waals surface area contributed by atoms with Gasteiger partial charge in [-0.1, -0.05) is 38.9 Å². The van der Waals surface area contributed by atoms with Crippen LogP contribution >= 0.6 is 38.9 Å². The molecule has 1 N–H and O–H groups in total. The molecule has 0 spiro atoms. The average molecular weight is 318 g/mol. The van der Waals surface area contributed by atoms with Gasteiger partial charge in [-0.2, -0.15) is 0 Å². The van der Waals surface area contributed by atoms with E-state index in [1.807, 2.05) is 31.3 Å². The maximum Gasteiger partial charge on any atom is 0.183 e. The predicted octanol–water partition coefficient (Wildman–Crippen LogP) is 4.66. The lowest BCUT2D eigenvalue weighted by atomic mass is 10.2. The zero-order chi connectivity index (χ0) is 11.5. The van der Waals surface area contributed by atoms with E-state index in [0.29, 0.717) is 0 Å². The molecule has 0 bridgehead atoms. The van der Waals surface area contributed by atoms with Gasteiger partial charge in [0.05, 0.1) is 4.88 Å². The van der Waals surface area contributed by atoms with Crippen molar-refractivity contribution in [1.29, 1.82) is 0 Å². The Kier molecular flexibility index (Phi) is 3.84. The van der Waals surface area contributed by atoms with Crippen molar-refractivity contribution in [2.24, 2.45) is 0 Å². The van der Waals surface area contributed by atoms with E-state index < -0.39 is 0 Å². The molecule has 0 radical (unpaired) electrons. The second kappa shape index (κ2) is 5.17. The lowest BCUT2D eigenvalue weighted by molar-refractivity contribution is 1.19. The van der Waals surface area contributed by atoms with Crippen LogP contribution < -0.4 is 5.32 Å². The van der Waals surface area contributed by atoms with Gasteiger partial charge in [0.15, 0.2) is 5.13 Å². The zero-order valence-corrected chi connectivity index (χ0v) is 11.8. The molecule has 1 heterocycles. The molecule has 0 unspecified atom stereocenters. The topological polar surface area (TPSA) is 24.9 Å². The quantitative estimate of drug-likeness (QED) is 0.890. The lowest BCUT2D eigenvalue weighted by Gasteiger charge is -2.01. The third-order valence-corrected chi connectivity index (χ3v) is 3.84. The molecular weight excluding hydrogens is 308 g/mol. The van der Waals surface area contributed by atoms with Crippen LogP contribution in [-0.2, 0) is 0 Å². The highest BCUT2D eigenvalue weighted by Crippen LogP contribution is 2.35. The van der Waals surface area contributed by atoms with Crippen molar-refractivity contribution in [3.63, 3.8) is 0 Å². The van der Waals surface area contributed by atoms with Gasteiger partial charge in [0, 0.05) is 27.8 Å². The van der Waals surface area contributed by atoms with Crippen LogP contribution in [0.4, 0.5) is 5.13 Å². The van der Waals surface area contributed by atoms with E-state index in [9.17, 15) is 0 Å².